The second-order valence-electron chi connectivity index (χ2n) is 6.07. The number of amides is 2. The van der Waals surface area contributed by atoms with Crippen LogP contribution < -0.4 is 16.4 Å². The summed E-state index contributed by atoms with van der Waals surface area (Å²) in [5.74, 6) is -0.0762. The number of hydrogen-bond donors (Lipinski definition) is 3. The van der Waals surface area contributed by atoms with Crippen LogP contribution in [0.25, 0.3) is 0 Å². The molecular weight excluding hydrogens is 278 g/mol. The normalized spacial score (nSPS) is 13.5. The van der Waals surface area contributed by atoms with E-state index in [0.29, 0.717) is 19.4 Å². The van der Waals surface area contributed by atoms with Crippen molar-refractivity contribution in [1.82, 2.24) is 10.6 Å². The highest BCUT2D eigenvalue weighted by atomic mass is 16.2. The van der Waals surface area contributed by atoms with E-state index in [0.717, 1.165) is 5.56 Å². The van der Waals surface area contributed by atoms with Crippen LogP contribution in [0.5, 0.6) is 0 Å². The van der Waals surface area contributed by atoms with Gasteiger partial charge in [-0.2, -0.15) is 0 Å². The molecule has 1 rings (SSSR count). The zero-order chi connectivity index (χ0) is 16.5. The first-order chi connectivity index (χ1) is 10.4. The lowest BCUT2D eigenvalue weighted by Gasteiger charge is -2.20. The SMILES string of the molecule is CC(C)CC(=O)NC(C(=O)NCCC(C)N)c1ccccc1. The van der Waals surface area contributed by atoms with E-state index in [-0.39, 0.29) is 23.8 Å². The molecule has 0 aliphatic rings. The highest BCUT2D eigenvalue weighted by molar-refractivity contribution is 5.88. The molecule has 5 heteroatoms. The number of carbonyl (C=O) groups excluding carboxylic acids is 2. The Morgan fingerprint density at radius 3 is 2.32 bits per heavy atom. The van der Waals surface area contributed by atoms with Crippen LogP contribution in [0.15, 0.2) is 30.3 Å². The first-order valence-corrected chi connectivity index (χ1v) is 7.77. The summed E-state index contributed by atoms with van der Waals surface area (Å²) >= 11 is 0. The maximum Gasteiger partial charge on any atom is 0.247 e. The van der Waals surface area contributed by atoms with Gasteiger partial charge in [0, 0.05) is 19.0 Å². The quantitative estimate of drug-likeness (QED) is 0.684. The fourth-order valence-electron chi connectivity index (χ4n) is 2.06. The van der Waals surface area contributed by atoms with Crippen LogP contribution >= 0.6 is 0 Å². The Balaban J connectivity index is 2.74. The minimum atomic E-state index is -0.666. The van der Waals surface area contributed by atoms with Crippen LogP contribution in [0.3, 0.4) is 0 Å². The van der Waals surface area contributed by atoms with Gasteiger partial charge in [0.2, 0.25) is 11.8 Å². The van der Waals surface area contributed by atoms with Crippen LogP contribution in [-0.4, -0.2) is 24.4 Å². The van der Waals surface area contributed by atoms with Gasteiger partial charge in [-0.25, -0.2) is 0 Å². The number of rotatable bonds is 8. The summed E-state index contributed by atoms with van der Waals surface area (Å²) in [5.41, 5.74) is 6.46. The largest absolute Gasteiger partial charge is 0.354 e. The van der Waals surface area contributed by atoms with Crippen molar-refractivity contribution < 1.29 is 9.59 Å². The van der Waals surface area contributed by atoms with Crippen molar-refractivity contribution in [1.29, 1.82) is 0 Å². The molecule has 0 bridgehead atoms. The van der Waals surface area contributed by atoms with E-state index >= 15 is 0 Å². The molecule has 0 saturated carbocycles. The summed E-state index contributed by atoms with van der Waals surface area (Å²) < 4.78 is 0. The third-order valence-electron chi connectivity index (χ3n) is 3.19. The Morgan fingerprint density at radius 1 is 1.14 bits per heavy atom. The molecule has 0 fully saturated rings. The predicted octanol–water partition coefficient (Wildman–Crippen LogP) is 1.74. The minimum Gasteiger partial charge on any atom is -0.354 e. The molecule has 0 aliphatic heterocycles. The number of benzene rings is 1. The summed E-state index contributed by atoms with van der Waals surface area (Å²) in [6.07, 6.45) is 1.10. The average molecular weight is 305 g/mol. The molecule has 22 heavy (non-hydrogen) atoms. The van der Waals surface area contributed by atoms with Gasteiger partial charge in [0.15, 0.2) is 0 Å². The van der Waals surface area contributed by atoms with E-state index in [4.69, 9.17) is 5.73 Å². The lowest BCUT2D eigenvalue weighted by molar-refractivity contribution is -0.129. The Morgan fingerprint density at radius 2 is 1.77 bits per heavy atom. The Hall–Kier alpha value is -1.88. The molecule has 5 nitrogen and oxygen atoms in total. The van der Waals surface area contributed by atoms with E-state index in [2.05, 4.69) is 10.6 Å². The molecule has 0 saturated heterocycles. The summed E-state index contributed by atoms with van der Waals surface area (Å²) in [5, 5.41) is 5.66. The van der Waals surface area contributed by atoms with Crippen LogP contribution in [-0.2, 0) is 9.59 Å². The second-order valence-corrected chi connectivity index (χ2v) is 6.07. The van der Waals surface area contributed by atoms with Crippen molar-refractivity contribution in [2.24, 2.45) is 11.7 Å². The van der Waals surface area contributed by atoms with Crippen molar-refractivity contribution in [3.05, 3.63) is 35.9 Å². The molecule has 0 heterocycles. The average Bonchev–Trinajstić information content (AvgIpc) is 2.44. The molecule has 2 amide bonds. The third-order valence-corrected chi connectivity index (χ3v) is 3.19. The van der Waals surface area contributed by atoms with Gasteiger partial charge < -0.3 is 16.4 Å². The Bertz CT molecular complexity index is 472. The lowest BCUT2D eigenvalue weighted by Crippen LogP contribution is -2.41. The molecule has 122 valence electrons. The Labute approximate surface area is 132 Å². The van der Waals surface area contributed by atoms with Crippen molar-refractivity contribution in [2.45, 2.75) is 45.7 Å². The minimum absolute atomic E-state index is 0.0333. The summed E-state index contributed by atoms with van der Waals surface area (Å²) in [4.78, 5) is 24.4. The van der Waals surface area contributed by atoms with Crippen molar-refractivity contribution in [2.75, 3.05) is 6.54 Å². The van der Waals surface area contributed by atoms with Crippen molar-refractivity contribution in [3.8, 4) is 0 Å². The molecule has 0 aromatic heterocycles. The van der Waals surface area contributed by atoms with Crippen LogP contribution in [0.4, 0.5) is 0 Å². The number of carbonyl (C=O) groups is 2. The molecule has 4 N–H and O–H groups in total. The zero-order valence-corrected chi connectivity index (χ0v) is 13.6. The van der Waals surface area contributed by atoms with Crippen LogP contribution in [0.1, 0.15) is 45.2 Å². The maximum atomic E-state index is 12.4. The van der Waals surface area contributed by atoms with Gasteiger partial charge in [0.1, 0.15) is 6.04 Å². The van der Waals surface area contributed by atoms with Gasteiger partial charge in [-0.3, -0.25) is 9.59 Å². The zero-order valence-electron chi connectivity index (χ0n) is 13.6. The van der Waals surface area contributed by atoms with E-state index in [1.54, 1.807) is 0 Å². The molecule has 1 aromatic carbocycles. The molecule has 0 aliphatic carbocycles. The molecule has 2 unspecified atom stereocenters. The monoisotopic (exact) mass is 305 g/mol. The van der Waals surface area contributed by atoms with E-state index in [1.807, 2.05) is 51.1 Å². The van der Waals surface area contributed by atoms with E-state index in [9.17, 15) is 9.59 Å². The topological polar surface area (TPSA) is 84.2 Å². The predicted molar refractivity (Wildman–Crippen MR) is 88.1 cm³/mol. The van der Waals surface area contributed by atoms with Gasteiger partial charge in [0.05, 0.1) is 0 Å². The van der Waals surface area contributed by atoms with Gasteiger partial charge in [0.25, 0.3) is 0 Å². The van der Waals surface area contributed by atoms with Crippen molar-refractivity contribution >= 4 is 11.8 Å². The molecule has 0 radical (unpaired) electrons. The van der Waals surface area contributed by atoms with Crippen LogP contribution in [0, 0.1) is 5.92 Å². The first-order valence-electron chi connectivity index (χ1n) is 7.77. The fourth-order valence-corrected chi connectivity index (χ4v) is 2.06. The standard InChI is InChI=1S/C17H27N3O2/c1-12(2)11-15(21)20-16(14-7-5-4-6-8-14)17(22)19-10-9-13(3)18/h4-8,12-13,16H,9-11,18H2,1-3H3,(H,19,22)(H,20,21). The third kappa shape index (κ3) is 6.72. The molecular formula is C17H27N3O2. The lowest BCUT2D eigenvalue weighted by atomic mass is 10.0. The molecule has 1 aromatic rings. The fraction of sp³-hybridized carbons (Fsp3) is 0.529. The van der Waals surface area contributed by atoms with Crippen molar-refractivity contribution in [3.63, 3.8) is 0 Å². The summed E-state index contributed by atoms with van der Waals surface area (Å²) in [7, 11) is 0. The van der Waals surface area contributed by atoms with Gasteiger partial charge in [-0.05, 0) is 24.8 Å². The van der Waals surface area contributed by atoms with Crippen LogP contribution in [0.2, 0.25) is 0 Å². The summed E-state index contributed by atoms with van der Waals surface area (Å²) in [6, 6.07) is 8.63. The first kappa shape index (κ1) is 18.2. The van der Waals surface area contributed by atoms with E-state index < -0.39 is 6.04 Å². The maximum absolute atomic E-state index is 12.4. The van der Waals surface area contributed by atoms with Gasteiger partial charge in [-0.1, -0.05) is 44.2 Å². The molecule has 0 spiro atoms. The van der Waals surface area contributed by atoms with E-state index in [1.165, 1.54) is 0 Å². The highest BCUT2D eigenvalue weighted by Gasteiger charge is 2.22. The number of hydrogen-bond acceptors (Lipinski definition) is 3. The van der Waals surface area contributed by atoms with Gasteiger partial charge in [-0.15, -0.1) is 0 Å². The second kappa shape index (κ2) is 9.20. The smallest absolute Gasteiger partial charge is 0.247 e. The molecule has 2 atom stereocenters. The number of nitrogens with two attached hydrogens (primary N) is 1. The number of nitrogens with one attached hydrogen (secondary N) is 2. The van der Waals surface area contributed by atoms with Gasteiger partial charge >= 0.3 is 0 Å². The Kier molecular flexibility index (Phi) is 7.60. The summed E-state index contributed by atoms with van der Waals surface area (Å²) in [6.45, 7) is 6.34. The highest BCUT2D eigenvalue weighted by Crippen LogP contribution is 2.14.